The number of amides is 2. The van der Waals surface area contributed by atoms with Crippen LogP contribution in [0.15, 0.2) is 30.5 Å². The van der Waals surface area contributed by atoms with E-state index in [1.165, 1.54) is 49.1 Å². The van der Waals surface area contributed by atoms with Crippen molar-refractivity contribution in [3.8, 4) is 0 Å². The molecule has 1 fully saturated rings. The van der Waals surface area contributed by atoms with Gasteiger partial charge < -0.3 is 20.3 Å². The molecule has 3 aromatic rings. The third kappa shape index (κ3) is 6.15. The predicted molar refractivity (Wildman–Crippen MR) is 142 cm³/mol. The smallest absolute Gasteiger partial charge is 0.375 e. The van der Waals surface area contributed by atoms with Gasteiger partial charge in [-0.1, -0.05) is 12.1 Å². The third-order valence-electron chi connectivity index (χ3n) is 7.36. The summed E-state index contributed by atoms with van der Waals surface area (Å²) in [5, 5.41) is 9.89. The summed E-state index contributed by atoms with van der Waals surface area (Å²) in [6, 6.07) is 3.56. The van der Waals surface area contributed by atoms with E-state index in [4.69, 9.17) is 16.3 Å². The van der Waals surface area contributed by atoms with Gasteiger partial charge in [-0.3, -0.25) is 9.59 Å². The van der Waals surface area contributed by atoms with Gasteiger partial charge in [-0.2, -0.15) is 22.7 Å². The molecule has 1 aliphatic rings. The number of carbonyl (C=O) groups excluding carboxylic acids is 2. The van der Waals surface area contributed by atoms with Crippen LogP contribution in [-0.4, -0.2) is 63.7 Å². The van der Waals surface area contributed by atoms with Crippen molar-refractivity contribution in [2.24, 2.45) is 11.8 Å². The Morgan fingerprint density at radius 2 is 1.77 bits per heavy atom. The highest BCUT2D eigenvalue weighted by molar-refractivity contribution is 6.28. The van der Waals surface area contributed by atoms with E-state index in [0.717, 1.165) is 4.90 Å². The van der Waals surface area contributed by atoms with Gasteiger partial charge in [-0.25, -0.2) is 4.98 Å². The number of rotatable bonds is 8. The third-order valence-corrected chi connectivity index (χ3v) is 7.52. The molecule has 216 valence electrons. The van der Waals surface area contributed by atoms with Gasteiger partial charge in [0.2, 0.25) is 17.1 Å². The number of aromatic nitrogens is 4. The molecule has 10 nitrogen and oxygen atoms in total. The second kappa shape index (κ2) is 12.0. The number of anilines is 2. The molecule has 2 aromatic heterocycles. The van der Waals surface area contributed by atoms with Gasteiger partial charge in [0.15, 0.2) is 6.04 Å². The Kier molecular flexibility index (Phi) is 8.83. The molecule has 1 aliphatic carbocycles. The molecule has 0 saturated heterocycles. The van der Waals surface area contributed by atoms with Crippen molar-refractivity contribution in [2.45, 2.75) is 50.9 Å². The standard InChI is InChI=1S/C26H31ClF3N7O3/c1-14(40-4)20-19(13-32-25-34-24(27)35-37(20)25)33-18-11-9-15(10-12-18)21(26(28,29)30)36(3)23(39)17-7-5-16(6-8-17)22(38)31-2/h9-14,16-17,21,33H,5-8H2,1-4H3,(H,31,38)/t14-,16?,17?,21-/m0/s1. The summed E-state index contributed by atoms with van der Waals surface area (Å²) < 4.78 is 49.7. The molecule has 0 radical (unpaired) electrons. The molecule has 0 unspecified atom stereocenters. The second-order valence-corrected chi connectivity index (χ2v) is 10.2. The summed E-state index contributed by atoms with van der Waals surface area (Å²) in [7, 11) is 4.25. The van der Waals surface area contributed by atoms with Crippen LogP contribution < -0.4 is 10.6 Å². The Hall–Kier alpha value is -3.45. The van der Waals surface area contributed by atoms with Crippen molar-refractivity contribution in [1.82, 2.24) is 29.8 Å². The van der Waals surface area contributed by atoms with E-state index in [1.54, 1.807) is 14.0 Å². The first-order chi connectivity index (χ1) is 18.9. The van der Waals surface area contributed by atoms with Crippen LogP contribution in [0.4, 0.5) is 24.5 Å². The van der Waals surface area contributed by atoms with Crippen LogP contribution in [0.5, 0.6) is 0 Å². The number of halogens is 4. The predicted octanol–water partition coefficient (Wildman–Crippen LogP) is 4.84. The minimum Gasteiger partial charge on any atom is -0.375 e. The van der Waals surface area contributed by atoms with Crippen LogP contribution in [0.1, 0.15) is 56.0 Å². The highest BCUT2D eigenvalue weighted by Crippen LogP contribution is 2.40. The van der Waals surface area contributed by atoms with E-state index in [1.807, 2.05) is 0 Å². The van der Waals surface area contributed by atoms with Gasteiger partial charge in [0.05, 0.1) is 23.7 Å². The zero-order valence-electron chi connectivity index (χ0n) is 22.5. The molecule has 1 saturated carbocycles. The first kappa shape index (κ1) is 29.5. The molecular weight excluding hydrogens is 551 g/mol. The van der Waals surface area contributed by atoms with Gasteiger partial charge in [0, 0.05) is 38.7 Å². The lowest BCUT2D eigenvalue weighted by Crippen LogP contribution is -2.44. The van der Waals surface area contributed by atoms with Crippen LogP contribution in [-0.2, 0) is 14.3 Å². The Labute approximate surface area is 234 Å². The van der Waals surface area contributed by atoms with Gasteiger partial charge in [-0.15, -0.1) is 5.10 Å². The minimum absolute atomic E-state index is 0.00918. The molecule has 2 amide bonds. The van der Waals surface area contributed by atoms with Gasteiger partial charge in [-0.05, 0) is 61.9 Å². The number of fused-ring (bicyclic) bond motifs is 1. The van der Waals surface area contributed by atoms with Gasteiger partial charge in [0.25, 0.3) is 5.78 Å². The molecule has 2 N–H and O–H groups in total. The maximum absolute atomic E-state index is 14.3. The fourth-order valence-corrected chi connectivity index (χ4v) is 5.34. The van der Waals surface area contributed by atoms with Crippen molar-refractivity contribution < 1.29 is 27.5 Å². The molecule has 0 bridgehead atoms. The van der Waals surface area contributed by atoms with Crippen LogP contribution in [0.2, 0.25) is 5.28 Å². The summed E-state index contributed by atoms with van der Waals surface area (Å²) >= 11 is 5.94. The summed E-state index contributed by atoms with van der Waals surface area (Å²) in [6.07, 6.45) is -1.95. The van der Waals surface area contributed by atoms with E-state index in [2.05, 4.69) is 25.7 Å². The van der Waals surface area contributed by atoms with Crippen LogP contribution in [0, 0.1) is 11.8 Å². The normalized spacial score (nSPS) is 19.2. The number of methoxy groups -OCH3 is 1. The maximum atomic E-state index is 14.3. The average Bonchev–Trinajstić information content (AvgIpc) is 3.32. The summed E-state index contributed by atoms with van der Waals surface area (Å²) in [5.74, 6) is -1.20. The first-order valence-electron chi connectivity index (χ1n) is 12.8. The lowest BCUT2D eigenvalue weighted by molar-refractivity contribution is -0.191. The summed E-state index contributed by atoms with van der Waals surface area (Å²) in [6.45, 7) is 1.80. The first-order valence-corrected chi connectivity index (χ1v) is 13.2. The quantitative estimate of drug-likeness (QED) is 0.391. The number of alkyl halides is 3. The Morgan fingerprint density at radius 1 is 1.15 bits per heavy atom. The number of hydrogen-bond donors (Lipinski definition) is 2. The maximum Gasteiger partial charge on any atom is 0.413 e. The summed E-state index contributed by atoms with van der Waals surface area (Å²) in [4.78, 5) is 34.1. The van der Waals surface area contributed by atoms with E-state index < -0.39 is 30.1 Å². The van der Waals surface area contributed by atoms with Crippen molar-refractivity contribution in [2.75, 3.05) is 26.5 Å². The van der Waals surface area contributed by atoms with Gasteiger partial charge in [0.1, 0.15) is 0 Å². The number of benzene rings is 1. The number of hydrogen-bond acceptors (Lipinski definition) is 7. The van der Waals surface area contributed by atoms with Crippen LogP contribution in [0.25, 0.3) is 5.78 Å². The number of nitrogens with one attached hydrogen (secondary N) is 2. The van der Waals surface area contributed by atoms with Crippen molar-refractivity contribution in [3.05, 3.63) is 47.0 Å². The molecule has 2 heterocycles. The molecule has 2 atom stereocenters. The number of nitrogens with zero attached hydrogens (tertiary/aromatic N) is 5. The van der Waals surface area contributed by atoms with E-state index in [0.29, 0.717) is 42.8 Å². The van der Waals surface area contributed by atoms with Crippen LogP contribution >= 0.6 is 11.6 Å². The van der Waals surface area contributed by atoms with Gasteiger partial charge >= 0.3 is 6.18 Å². The topological polar surface area (TPSA) is 114 Å². The number of carbonyl (C=O) groups is 2. The molecule has 4 rings (SSSR count). The fraction of sp³-hybridized carbons (Fsp3) is 0.500. The highest BCUT2D eigenvalue weighted by atomic mass is 35.5. The van der Waals surface area contributed by atoms with E-state index in [9.17, 15) is 22.8 Å². The molecule has 0 aliphatic heterocycles. The fourth-order valence-electron chi connectivity index (χ4n) is 5.18. The number of ether oxygens (including phenoxy) is 1. The largest absolute Gasteiger partial charge is 0.413 e. The zero-order valence-corrected chi connectivity index (χ0v) is 23.3. The van der Waals surface area contributed by atoms with Crippen molar-refractivity contribution in [3.63, 3.8) is 0 Å². The Morgan fingerprint density at radius 3 is 2.35 bits per heavy atom. The summed E-state index contributed by atoms with van der Waals surface area (Å²) in [5.41, 5.74) is 1.49. The molecule has 1 aromatic carbocycles. The molecular formula is C26H31ClF3N7O3. The average molecular weight is 582 g/mol. The Bertz CT molecular complexity index is 1360. The zero-order chi connectivity index (χ0) is 29.2. The molecule has 0 spiro atoms. The van der Waals surface area contributed by atoms with Crippen molar-refractivity contribution >= 4 is 40.6 Å². The van der Waals surface area contributed by atoms with E-state index >= 15 is 0 Å². The molecule has 14 heteroatoms. The monoisotopic (exact) mass is 581 g/mol. The second-order valence-electron chi connectivity index (χ2n) is 9.83. The SMILES string of the molecule is CNC(=O)C1CCC(C(=O)N(C)[C@@H](c2ccc(Nc3cnc4nc(Cl)nn4c3[C@H](C)OC)cc2)C(F)(F)F)CC1. The lowest BCUT2D eigenvalue weighted by Gasteiger charge is -2.35. The lowest BCUT2D eigenvalue weighted by atomic mass is 9.80. The van der Waals surface area contributed by atoms with Crippen molar-refractivity contribution in [1.29, 1.82) is 0 Å². The molecule has 40 heavy (non-hydrogen) atoms. The Balaban J connectivity index is 1.54. The van der Waals surface area contributed by atoms with E-state index in [-0.39, 0.29) is 28.4 Å². The van der Waals surface area contributed by atoms with Crippen LogP contribution in [0.3, 0.4) is 0 Å². The highest BCUT2D eigenvalue weighted by Gasteiger charge is 2.46. The minimum atomic E-state index is -4.69.